The molecule has 0 amide bonds. The number of hydrogen-bond acceptors (Lipinski definition) is 5. The molecule has 66 valence electrons. The first-order chi connectivity index (χ1) is 5.04. The molecule has 5 atom stereocenters. The zero-order chi connectivity index (χ0) is 8.59. The second kappa shape index (κ2) is 3.28. The van der Waals surface area contributed by atoms with Crippen LogP contribution in [0.1, 0.15) is 6.92 Å². The molecule has 4 nitrogen and oxygen atoms in total. The highest BCUT2D eigenvalue weighted by molar-refractivity contribution is 7.80. The van der Waals surface area contributed by atoms with E-state index in [0.29, 0.717) is 0 Å². The number of rotatable bonds is 0. The van der Waals surface area contributed by atoms with Gasteiger partial charge in [-0.15, -0.1) is 12.6 Å². The average Bonchev–Trinajstić information content (AvgIpc) is 1.97. The Morgan fingerprint density at radius 3 is 2.18 bits per heavy atom. The van der Waals surface area contributed by atoms with E-state index >= 15 is 0 Å². The highest BCUT2D eigenvalue weighted by atomic mass is 32.1. The molecule has 1 fully saturated rings. The van der Waals surface area contributed by atoms with Crippen molar-refractivity contribution < 1.29 is 20.1 Å². The summed E-state index contributed by atoms with van der Waals surface area (Å²) in [6.45, 7) is 1.61. The van der Waals surface area contributed by atoms with Crippen LogP contribution in [0.25, 0.3) is 0 Å². The van der Waals surface area contributed by atoms with Crippen LogP contribution in [0.2, 0.25) is 0 Å². The quantitative estimate of drug-likeness (QED) is 0.351. The van der Waals surface area contributed by atoms with Gasteiger partial charge in [0.25, 0.3) is 0 Å². The van der Waals surface area contributed by atoms with Crippen LogP contribution in [-0.2, 0) is 4.74 Å². The first kappa shape index (κ1) is 9.28. The Kier molecular flexibility index (Phi) is 2.77. The molecule has 0 spiro atoms. The molecule has 0 aromatic carbocycles. The molecule has 1 aliphatic rings. The standard InChI is InChI=1S/C6H12O4S/c1-2-3(7)4(8)5(9)6(11)10-2/h2-9,11H,1H3/t2-,3-,4+,5+,6+/m1/s1. The molecule has 0 aromatic rings. The Morgan fingerprint density at radius 1 is 1.09 bits per heavy atom. The lowest BCUT2D eigenvalue weighted by Gasteiger charge is -2.37. The molecule has 1 aliphatic heterocycles. The molecular formula is C6H12O4S. The van der Waals surface area contributed by atoms with Gasteiger partial charge in [0, 0.05) is 0 Å². The van der Waals surface area contributed by atoms with Crippen LogP contribution in [0.15, 0.2) is 0 Å². The van der Waals surface area contributed by atoms with Crippen LogP contribution < -0.4 is 0 Å². The topological polar surface area (TPSA) is 69.9 Å². The number of aliphatic hydroxyl groups excluding tert-OH is 3. The van der Waals surface area contributed by atoms with Crippen LogP contribution >= 0.6 is 12.6 Å². The van der Waals surface area contributed by atoms with E-state index in [9.17, 15) is 0 Å². The number of ether oxygens (including phenoxy) is 1. The Morgan fingerprint density at radius 2 is 1.64 bits per heavy atom. The summed E-state index contributed by atoms with van der Waals surface area (Å²) in [6, 6.07) is 0. The zero-order valence-corrected chi connectivity index (χ0v) is 6.98. The molecule has 1 rings (SSSR count). The lowest BCUT2D eigenvalue weighted by atomic mass is 10.0. The molecule has 0 bridgehead atoms. The maximum Gasteiger partial charge on any atom is 0.129 e. The van der Waals surface area contributed by atoms with Gasteiger partial charge in [0.15, 0.2) is 0 Å². The molecule has 0 aliphatic carbocycles. The van der Waals surface area contributed by atoms with Crippen molar-refractivity contribution in [2.45, 2.75) is 36.8 Å². The number of thiol groups is 1. The molecule has 0 radical (unpaired) electrons. The predicted octanol–water partition coefficient (Wildman–Crippen LogP) is -1.26. The van der Waals surface area contributed by atoms with Gasteiger partial charge in [0.1, 0.15) is 23.7 Å². The highest BCUT2D eigenvalue weighted by Gasteiger charge is 2.39. The molecule has 5 heteroatoms. The average molecular weight is 180 g/mol. The van der Waals surface area contributed by atoms with Crippen LogP contribution in [0.3, 0.4) is 0 Å². The van der Waals surface area contributed by atoms with Crippen LogP contribution in [0.5, 0.6) is 0 Å². The molecule has 1 saturated heterocycles. The van der Waals surface area contributed by atoms with Crippen molar-refractivity contribution in [1.82, 2.24) is 0 Å². The van der Waals surface area contributed by atoms with Gasteiger partial charge < -0.3 is 20.1 Å². The lowest BCUT2D eigenvalue weighted by molar-refractivity contribution is -0.191. The Bertz CT molecular complexity index is 129. The first-order valence-corrected chi connectivity index (χ1v) is 3.93. The minimum atomic E-state index is -1.17. The van der Waals surface area contributed by atoms with E-state index in [1.54, 1.807) is 6.92 Å². The van der Waals surface area contributed by atoms with Gasteiger partial charge in [-0.1, -0.05) is 0 Å². The second-order valence-electron chi connectivity index (χ2n) is 2.70. The molecule has 0 aromatic heterocycles. The van der Waals surface area contributed by atoms with E-state index in [4.69, 9.17) is 20.1 Å². The van der Waals surface area contributed by atoms with E-state index in [1.807, 2.05) is 0 Å². The third-order valence-electron chi connectivity index (χ3n) is 1.83. The van der Waals surface area contributed by atoms with Gasteiger partial charge in [0.2, 0.25) is 0 Å². The van der Waals surface area contributed by atoms with E-state index in [0.717, 1.165) is 0 Å². The summed E-state index contributed by atoms with van der Waals surface area (Å²) in [4.78, 5) is 0. The fourth-order valence-electron chi connectivity index (χ4n) is 1.03. The summed E-state index contributed by atoms with van der Waals surface area (Å²) in [7, 11) is 0. The molecule has 0 unspecified atom stereocenters. The lowest BCUT2D eigenvalue weighted by Crippen LogP contribution is -2.54. The van der Waals surface area contributed by atoms with E-state index in [2.05, 4.69) is 12.6 Å². The summed E-state index contributed by atoms with van der Waals surface area (Å²) in [5.74, 6) is 0. The molecule has 1 heterocycles. The van der Waals surface area contributed by atoms with Crippen molar-refractivity contribution >= 4 is 12.6 Å². The third kappa shape index (κ3) is 1.68. The van der Waals surface area contributed by atoms with Gasteiger partial charge in [-0.3, -0.25) is 0 Å². The Hall–Kier alpha value is 0.190. The van der Waals surface area contributed by atoms with Gasteiger partial charge in [-0.05, 0) is 6.92 Å². The minimum Gasteiger partial charge on any atom is -0.388 e. The first-order valence-electron chi connectivity index (χ1n) is 3.41. The van der Waals surface area contributed by atoms with E-state index in [1.165, 1.54) is 0 Å². The molecule has 0 saturated carbocycles. The minimum absolute atomic E-state index is 0.490. The van der Waals surface area contributed by atoms with Crippen molar-refractivity contribution in [2.24, 2.45) is 0 Å². The second-order valence-corrected chi connectivity index (χ2v) is 3.21. The van der Waals surface area contributed by atoms with Crippen LogP contribution in [0, 0.1) is 0 Å². The maximum atomic E-state index is 9.17. The third-order valence-corrected chi connectivity index (χ3v) is 2.25. The Labute approximate surface area is 70.2 Å². The number of aliphatic hydroxyl groups is 3. The summed E-state index contributed by atoms with van der Waals surface area (Å²) >= 11 is 3.87. The smallest absolute Gasteiger partial charge is 0.129 e. The summed E-state index contributed by atoms with van der Waals surface area (Å²) in [5.41, 5.74) is -0.719. The fraction of sp³-hybridized carbons (Fsp3) is 1.00. The molecule has 11 heavy (non-hydrogen) atoms. The van der Waals surface area contributed by atoms with Gasteiger partial charge >= 0.3 is 0 Å². The molecule has 3 N–H and O–H groups in total. The van der Waals surface area contributed by atoms with Crippen molar-refractivity contribution in [1.29, 1.82) is 0 Å². The monoisotopic (exact) mass is 180 g/mol. The van der Waals surface area contributed by atoms with E-state index < -0.39 is 29.9 Å². The fourth-order valence-corrected chi connectivity index (χ4v) is 1.40. The van der Waals surface area contributed by atoms with Gasteiger partial charge in [-0.25, -0.2) is 0 Å². The summed E-state index contributed by atoms with van der Waals surface area (Å²) in [6.07, 6.45) is -3.81. The number of hydrogen-bond donors (Lipinski definition) is 4. The van der Waals surface area contributed by atoms with Crippen molar-refractivity contribution in [3.05, 3.63) is 0 Å². The highest BCUT2D eigenvalue weighted by Crippen LogP contribution is 2.22. The SMILES string of the molecule is C[C@H]1O[C@@H](S)[C@@H](O)[C@@H](O)[C@@H]1O. The van der Waals surface area contributed by atoms with Gasteiger partial charge in [-0.2, -0.15) is 0 Å². The van der Waals surface area contributed by atoms with Crippen molar-refractivity contribution in [3.8, 4) is 0 Å². The van der Waals surface area contributed by atoms with E-state index in [-0.39, 0.29) is 0 Å². The summed E-state index contributed by atoms with van der Waals surface area (Å²) in [5, 5.41) is 27.4. The normalized spacial score (nSPS) is 52.6. The van der Waals surface area contributed by atoms with Gasteiger partial charge in [0.05, 0.1) is 6.10 Å². The van der Waals surface area contributed by atoms with Crippen LogP contribution in [-0.4, -0.2) is 45.2 Å². The van der Waals surface area contributed by atoms with Crippen molar-refractivity contribution in [2.75, 3.05) is 0 Å². The van der Waals surface area contributed by atoms with Crippen LogP contribution in [0.4, 0.5) is 0 Å². The summed E-state index contributed by atoms with van der Waals surface area (Å²) < 4.78 is 4.99. The largest absolute Gasteiger partial charge is 0.388 e. The predicted molar refractivity (Wildman–Crippen MR) is 41.3 cm³/mol. The molecular weight excluding hydrogens is 168 g/mol. The Balaban J connectivity index is 2.63. The maximum absolute atomic E-state index is 9.17. The van der Waals surface area contributed by atoms with Crippen molar-refractivity contribution in [3.63, 3.8) is 0 Å². The zero-order valence-electron chi connectivity index (χ0n) is 6.08.